The lowest BCUT2D eigenvalue weighted by atomic mass is 10.1. The van der Waals surface area contributed by atoms with Crippen molar-refractivity contribution in [2.24, 2.45) is 0 Å². The first-order chi connectivity index (χ1) is 14.1. The predicted octanol–water partition coefficient (Wildman–Crippen LogP) is 5.55. The van der Waals surface area contributed by atoms with E-state index in [0.717, 1.165) is 30.6 Å². The Morgan fingerprint density at radius 2 is 1.76 bits per heavy atom. The Labute approximate surface area is 172 Å². The molecule has 0 amide bonds. The molecule has 3 aromatic rings. The number of para-hydroxylation sites is 1. The van der Waals surface area contributed by atoms with Crippen molar-refractivity contribution in [1.29, 1.82) is 0 Å². The number of allylic oxidation sites excluding steroid dienone is 1. The number of benzene rings is 3. The monoisotopic (exact) mass is 406 g/mol. The number of anilines is 1. The topological polar surface area (TPSA) is 55.4 Å². The summed E-state index contributed by atoms with van der Waals surface area (Å²) in [7, 11) is -3.58. The van der Waals surface area contributed by atoms with Crippen LogP contribution >= 0.6 is 0 Å². The van der Waals surface area contributed by atoms with Gasteiger partial charge in [-0.05, 0) is 55.2 Å². The highest BCUT2D eigenvalue weighted by Gasteiger charge is 2.13. The Morgan fingerprint density at radius 3 is 2.55 bits per heavy atom. The second kappa shape index (κ2) is 10.5. The van der Waals surface area contributed by atoms with E-state index in [2.05, 4.69) is 16.9 Å². The van der Waals surface area contributed by atoms with Crippen LogP contribution in [0.3, 0.4) is 0 Å². The fraction of sp³-hybridized carbons (Fsp3) is 0.167. The number of sulfonamides is 1. The number of ether oxygens (including phenoxy) is 1. The van der Waals surface area contributed by atoms with E-state index < -0.39 is 10.0 Å². The molecular formula is C24H24NO3S. The Hall–Kier alpha value is -3.05. The Balaban J connectivity index is 1.46. The van der Waals surface area contributed by atoms with Crippen LogP contribution in [0.2, 0.25) is 0 Å². The molecule has 0 saturated carbocycles. The van der Waals surface area contributed by atoms with Crippen molar-refractivity contribution in [3.05, 3.63) is 96.6 Å². The Kier molecular flexibility index (Phi) is 7.47. The first-order valence-electron chi connectivity index (χ1n) is 9.57. The van der Waals surface area contributed by atoms with Gasteiger partial charge in [0.25, 0.3) is 10.0 Å². The Morgan fingerprint density at radius 1 is 0.931 bits per heavy atom. The van der Waals surface area contributed by atoms with Gasteiger partial charge in [-0.2, -0.15) is 0 Å². The van der Waals surface area contributed by atoms with E-state index in [1.165, 1.54) is 0 Å². The maximum atomic E-state index is 12.4. The third-order valence-corrected chi connectivity index (χ3v) is 5.60. The van der Waals surface area contributed by atoms with Gasteiger partial charge in [-0.15, -0.1) is 0 Å². The third kappa shape index (κ3) is 6.80. The molecule has 0 aliphatic rings. The minimum absolute atomic E-state index is 0.247. The summed E-state index contributed by atoms with van der Waals surface area (Å²) in [6.07, 6.45) is 7.01. The van der Waals surface area contributed by atoms with Gasteiger partial charge >= 0.3 is 0 Å². The summed E-state index contributed by atoms with van der Waals surface area (Å²) in [4.78, 5) is 0.247. The van der Waals surface area contributed by atoms with E-state index in [1.54, 1.807) is 36.4 Å². The average molecular weight is 407 g/mol. The smallest absolute Gasteiger partial charge is 0.261 e. The van der Waals surface area contributed by atoms with E-state index in [9.17, 15) is 8.42 Å². The van der Waals surface area contributed by atoms with Crippen LogP contribution in [0.4, 0.5) is 5.69 Å². The normalized spacial score (nSPS) is 11.4. The van der Waals surface area contributed by atoms with Crippen LogP contribution in [0.15, 0.2) is 89.8 Å². The number of hydrogen-bond donors (Lipinski definition) is 1. The van der Waals surface area contributed by atoms with Crippen LogP contribution < -0.4 is 9.46 Å². The van der Waals surface area contributed by atoms with Gasteiger partial charge in [-0.1, -0.05) is 60.7 Å². The van der Waals surface area contributed by atoms with Gasteiger partial charge in [-0.3, -0.25) is 4.72 Å². The highest BCUT2D eigenvalue weighted by molar-refractivity contribution is 7.92. The standard InChI is InChI=1S/C24H24NO3S/c26-29(27,24-17-8-4-9-18-24)25-22-14-11-13-21(20-22)12-5-1-2-10-19-28-23-15-6-3-7-16-23/h3-9,11-15,17-18,20,25H,1-2,10,19H2/b12-5+. The highest BCUT2D eigenvalue weighted by atomic mass is 32.2. The molecule has 3 aromatic carbocycles. The maximum Gasteiger partial charge on any atom is 0.261 e. The number of unbranched alkanes of at least 4 members (excludes halogenated alkanes) is 2. The molecule has 5 heteroatoms. The van der Waals surface area contributed by atoms with Gasteiger partial charge in [0.2, 0.25) is 0 Å². The largest absolute Gasteiger partial charge is 0.493 e. The van der Waals surface area contributed by atoms with Crippen LogP contribution in [-0.2, 0) is 10.0 Å². The van der Waals surface area contributed by atoms with Crippen LogP contribution in [0.25, 0.3) is 6.08 Å². The maximum absolute atomic E-state index is 12.4. The summed E-state index contributed by atoms with van der Waals surface area (Å²) < 4.78 is 33.1. The molecule has 0 unspecified atom stereocenters. The van der Waals surface area contributed by atoms with Gasteiger partial charge in [0.05, 0.1) is 11.5 Å². The molecule has 0 aromatic heterocycles. The lowest BCUT2D eigenvalue weighted by molar-refractivity contribution is 0.307. The second-order valence-corrected chi connectivity index (χ2v) is 8.20. The third-order valence-electron chi connectivity index (χ3n) is 4.21. The van der Waals surface area contributed by atoms with Crippen molar-refractivity contribution < 1.29 is 13.2 Å². The molecular weight excluding hydrogens is 382 g/mol. The molecule has 0 fully saturated rings. The van der Waals surface area contributed by atoms with Gasteiger partial charge in [0.15, 0.2) is 0 Å². The molecule has 0 spiro atoms. The zero-order valence-electron chi connectivity index (χ0n) is 16.1. The average Bonchev–Trinajstić information content (AvgIpc) is 2.74. The second-order valence-electron chi connectivity index (χ2n) is 6.52. The number of hydrogen-bond acceptors (Lipinski definition) is 3. The summed E-state index contributed by atoms with van der Waals surface area (Å²) >= 11 is 0. The van der Waals surface area contributed by atoms with Gasteiger partial charge in [0.1, 0.15) is 5.75 Å². The van der Waals surface area contributed by atoms with Crippen molar-refractivity contribution in [3.8, 4) is 5.75 Å². The number of nitrogens with one attached hydrogen (secondary N) is 1. The van der Waals surface area contributed by atoms with Crippen molar-refractivity contribution in [2.75, 3.05) is 11.3 Å². The summed E-state index contributed by atoms with van der Waals surface area (Å²) in [5, 5.41) is 0. The summed E-state index contributed by atoms with van der Waals surface area (Å²) in [6.45, 7) is 0.672. The van der Waals surface area contributed by atoms with E-state index in [-0.39, 0.29) is 4.90 Å². The molecule has 3 rings (SSSR count). The highest BCUT2D eigenvalue weighted by Crippen LogP contribution is 2.18. The number of rotatable bonds is 10. The van der Waals surface area contributed by atoms with Gasteiger partial charge < -0.3 is 4.74 Å². The van der Waals surface area contributed by atoms with Crippen LogP contribution in [-0.4, -0.2) is 15.0 Å². The van der Waals surface area contributed by atoms with E-state index in [0.29, 0.717) is 12.3 Å². The van der Waals surface area contributed by atoms with Crippen LogP contribution in [0, 0.1) is 6.07 Å². The molecule has 149 valence electrons. The van der Waals surface area contributed by atoms with Crippen molar-refractivity contribution >= 4 is 21.8 Å². The van der Waals surface area contributed by atoms with Gasteiger partial charge in [-0.25, -0.2) is 8.42 Å². The van der Waals surface area contributed by atoms with E-state index in [4.69, 9.17) is 4.74 Å². The lowest BCUT2D eigenvalue weighted by Gasteiger charge is -2.08. The molecule has 0 aliphatic carbocycles. The minimum Gasteiger partial charge on any atom is -0.493 e. The molecule has 0 heterocycles. The van der Waals surface area contributed by atoms with E-state index in [1.807, 2.05) is 48.5 Å². The first-order valence-corrected chi connectivity index (χ1v) is 11.1. The van der Waals surface area contributed by atoms with Crippen molar-refractivity contribution in [1.82, 2.24) is 0 Å². The zero-order chi connectivity index (χ0) is 20.4. The fourth-order valence-electron chi connectivity index (χ4n) is 2.75. The quantitative estimate of drug-likeness (QED) is 0.449. The molecule has 4 nitrogen and oxygen atoms in total. The predicted molar refractivity (Wildman–Crippen MR) is 117 cm³/mol. The fourth-order valence-corrected chi connectivity index (χ4v) is 3.82. The van der Waals surface area contributed by atoms with Gasteiger partial charge in [0, 0.05) is 11.8 Å². The summed E-state index contributed by atoms with van der Waals surface area (Å²) in [5.41, 5.74) is 1.50. The Bertz CT molecular complexity index is 1020. The molecule has 0 atom stereocenters. The molecule has 0 saturated heterocycles. The lowest BCUT2D eigenvalue weighted by Crippen LogP contribution is -2.12. The minimum atomic E-state index is -3.58. The van der Waals surface area contributed by atoms with Crippen LogP contribution in [0.5, 0.6) is 5.75 Å². The summed E-state index contributed by atoms with van der Waals surface area (Å²) in [5.74, 6) is 0.776. The van der Waals surface area contributed by atoms with Crippen molar-refractivity contribution in [3.63, 3.8) is 0 Å². The molecule has 1 radical (unpaired) electrons. The first kappa shape index (κ1) is 20.7. The van der Waals surface area contributed by atoms with E-state index >= 15 is 0 Å². The molecule has 0 bridgehead atoms. The molecule has 0 aliphatic heterocycles. The summed E-state index contributed by atoms with van der Waals surface area (Å²) in [6, 6.07) is 26.3. The molecule has 29 heavy (non-hydrogen) atoms. The van der Waals surface area contributed by atoms with Crippen molar-refractivity contribution in [2.45, 2.75) is 24.2 Å². The molecule has 1 N–H and O–H groups in total. The van der Waals surface area contributed by atoms with Crippen LogP contribution in [0.1, 0.15) is 24.8 Å². The zero-order valence-corrected chi connectivity index (χ0v) is 16.9. The SMILES string of the molecule is O=S(=O)(Nc1cccc(/C=C/CCCCOc2[c]cccc2)c1)c1ccccc1.